The van der Waals surface area contributed by atoms with Crippen molar-refractivity contribution in [2.45, 2.75) is 0 Å². The number of ether oxygens (including phenoxy) is 3. The standard InChI is InChI=1S/C14H19NO4.ClH/c1-17-13-4-2-12(3-5-13)14(16)19-11-8-15-6-9-18-10-7-15;/h2-5H,6-11H2,1H3;1H/p-1. The second-order valence-corrected chi connectivity index (χ2v) is 4.32. The van der Waals surface area contributed by atoms with Gasteiger partial charge in [0, 0.05) is 19.6 Å². The minimum Gasteiger partial charge on any atom is -1.00 e. The summed E-state index contributed by atoms with van der Waals surface area (Å²) in [6.45, 7) is 4.48. The molecule has 0 aromatic heterocycles. The molecule has 0 amide bonds. The van der Waals surface area contributed by atoms with Gasteiger partial charge in [0.1, 0.15) is 12.4 Å². The van der Waals surface area contributed by atoms with Crippen LogP contribution in [0, 0.1) is 0 Å². The van der Waals surface area contributed by atoms with Crippen LogP contribution in [0.2, 0.25) is 0 Å². The van der Waals surface area contributed by atoms with Gasteiger partial charge in [-0.2, -0.15) is 0 Å². The van der Waals surface area contributed by atoms with Gasteiger partial charge in [0.05, 0.1) is 25.9 Å². The van der Waals surface area contributed by atoms with Gasteiger partial charge >= 0.3 is 5.97 Å². The monoisotopic (exact) mass is 300 g/mol. The molecule has 0 N–H and O–H groups in total. The molecule has 0 saturated carbocycles. The number of esters is 1. The van der Waals surface area contributed by atoms with Crippen LogP contribution in [-0.4, -0.2) is 57.4 Å². The number of carbonyl (C=O) groups is 1. The summed E-state index contributed by atoms with van der Waals surface area (Å²) in [5.74, 6) is 0.431. The Balaban J connectivity index is 0.00000200. The molecule has 1 aliphatic rings. The summed E-state index contributed by atoms with van der Waals surface area (Å²) in [7, 11) is 1.59. The highest BCUT2D eigenvalue weighted by Crippen LogP contribution is 2.12. The third-order valence-corrected chi connectivity index (χ3v) is 3.07. The van der Waals surface area contributed by atoms with E-state index in [1.54, 1.807) is 31.4 Å². The minimum atomic E-state index is -0.295. The van der Waals surface area contributed by atoms with Crippen molar-refractivity contribution in [1.29, 1.82) is 0 Å². The lowest BCUT2D eigenvalue weighted by atomic mass is 10.2. The Labute approximate surface area is 125 Å². The Kier molecular flexibility index (Phi) is 7.36. The molecule has 1 aromatic carbocycles. The van der Waals surface area contributed by atoms with E-state index in [0.717, 1.165) is 38.6 Å². The maximum Gasteiger partial charge on any atom is 0.338 e. The number of halogens is 1. The van der Waals surface area contributed by atoms with Crippen molar-refractivity contribution >= 4 is 5.97 Å². The number of hydrogen-bond donors (Lipinski definition) is 0. The van der Waals surface area contributed by atoms with Crippen LogP contribution >= 0.6 is 0 Å². The summed E-state index contributed by atoms with van der Waals surface area (Å²) in [5, 5.41) is 0. The molecule has 1 aromatic rings. The third-order valence-electron chi connectivity index (χ3n) is 3.07. The lowest BCUT2D eigenvalue weighted by molar-refractivity contribution is -0.0000373. The molecule has 5 nitrogen and oxygen atoms in total. The van der Waals surface area contributed by atoms with Crippen LogP contribution in [-0.2, 0) is 9.47 Å². The van der Waals surface area contributed by atoms with Crippen molar-refractivity contribution in [3.63, 3.8) is 0 Å². The second kappa shape index (κ2) is 8.79. The topological polar surface area (TPSA) is 48.0 Å². The predicted octanol–water partition coefficient (Wildman–Crippen LogP) is -1.81. The maximum absolute atomic E-state index is 11.8. The van der Waals surface area contributed by atoms with Crippen LogP contribution in [0.1, 0.15) is 10.4 Å². The maximum atomic E-state index is 11.8. The molecule has 1 aliphatic heterocycles. The number of benzene rings is 1. The quantitative estimate of drug-likeness (QED) is 0.600. The van der Waals surface area contributed by atoms with Crippen LogP contribution in [0.4, 0.5) is 0 Å². The zero-order chi connectivity index (χ0) is 13.5. The van der Waals surface area contributed by atoms with Gasteiger partial charge in [-0.3, -0.25) is 4.90 Å². The van der Waals surface area contributed by atoms with E-state index < -0.39 is 0 Å². The van der Waals surface area contributed by atoms with E-state index in [0.29, 0.717) is 12.2 Å². The fourth-order valence-corrected chi connectivity index (χ4v) is 1.90. The first-order valence-electron chi connectivity index (χ1n) is 6.41. The van der Waals surface area contributed by atoms with Crippen LogP contribution in [0.25, 0.3) is 0 Å². The summed E-state index contributed by atoms with van der Waals surface area (Å²) < 4.78 is 15.5. The molecule has 0 bridgehead atoms. The number of methoxy groups -OCH3 is 1. The number of morpholine rings is 1. The van der Waals surface area contributed by atoms with E-state index in [2.05, 4.69) is 4.90 Å². The van der Waals surface area contributed by atoms with E-state index in [9.17, 15) is 4.79 Å². The normalized spacial score (nSPS) is 15.2. The van der Waals surface area contributed by atoms with Crippen molar-refractivity contribution in [2.75, 3.05) is 46.6 Å². The van der Waals surface area contributed by atoms with E-state index in [1.807, 2.05) is 0 Å². The summed E-state index contributed by atoms with van der Waals surface area (Å²) in [6, 6.07) is 6.91. The van der Waals surface area contributed by atoms with Crippen molar-refractivity contribution < 1.29 is 31.4 Å². The molecular formula is C14H19ClNO4-. The lowest BCUT2D eigenvalue weighted by Crippen LogP contribution is -3.00. The number of nitrogens with zero attached hydrogens (tertiary/aromatic N) is 1. The molecule has 112 valence electrons. The first-order valence-corrected chi connectivity index (χ1v) is 6.41. The van der Waals surface area contributed by atoms with E-state index in [1.165, 1.54) is 0 Å². The zero-order valence-corrected chi connectivity index (χ0v) is 12.3. The summed E-state index contributed by atoms with van der Waals surface area (Å²) in [6.07, 6.45) is 0. The third kappa shape index (κ3) is 5.00. The number of hydrogen-bond acceptors (Lipinski definition) is 5. The zero-order valence-electron chi connectivity index (χ0n) is 11.5. The molecule has 0 radical (unpaired) electrons. The smallest absolute Gasteiger partial charge is 0.338 e. The average molecular weight is 301 g/mol. The summed E-state index contributed by atoms with van der Waals surface area (Å²) >= 11 is 0. The Morgan fingerprint density at radius 2 is 1.90 bits per heavy atom. The van der Waals surface area contributed by atoms with Gasteiger partial charge in [-0.05, 0) is 24.3 Å². The molecule has 1 fully saturated rings. The van der Waals surface area contributed by atoms with Gasteiger partial charge in [0.25, 0.3) is 0 Å². The molecule has 1 saturated heterocycles. The lowest BCUT2D eigenvalue weighted by Gasteiger charge is -2.26. The van der Waals surface area contributed by atoms with Gasteiger partial charge < -0.3 is 26.6 Å². The van der Waals surface area contributed by atoms with Crippen LogP contribution in [0.3, 0.4) is 0 Å². The van der Waals surface area contributed by atoms with Gasteiger partial charge in [0.15, 0.2) is 0 Å². The molecule has 0 unspecified atom stereocenters. The Morgan fingerprint density at radius 1 is 1.25 bits per heavy atom. The van der Waals surface area contributed by atoms with Crippen LogP contribution < -0.4 is 17.1 Å². The molecular weight excluding hydrogens is 282 g/mol. The fraction of sp³-hybridized carbons (Fsp3) is 0.500. The first kappa shape index (κ1) is 16.8. The Hall–Kier alpha value is -1.30. The number of carbonyl (C=O) groups excluding carboxylic acids is 1. The first-order chi connectivity index (χ1) is 9.29. The highest BCUT2D eigenvalue weighted by molar-refractivity contribution is 5.89. The summed E-state index contributed by atoms with van der Waals surface area (Å²) in [5.41, 5.74) is 0.544. The van der Waals surface area contributed by atoms with Crippen molar-refractivity contribution in [1.82, 2.24) is 4.90 Å². The van der Waals surface area contributed by atoms with Gasteiger partial charge in [0.2, 0.25) is 0 Å². The molecule has 0 spiro atoms. The highest BCUT2D eigenvalue weighted by atomic mass is 35.5. The van der Waals surface area contributed by atoms with E-state index in [-0.39, 0.29) is 18.4 Å². The fourth-order valence-electron chi connectivity index (χ4n) is 1.90. The molecule has 6 heteroatoms. The van der Waals surface area contributed by atoms with Crippen LogP contribution in [0.5, 0.6) is 5.75 Å². The van der Waals surface area contributed by atoms with Crippen LogP contribution in [0.15, 0.2) is 24.3 Å². The summed E-state index contributed by atoms with van der Waals surface area (Å²) in [4.78, 5) is 14.0. The minimum absolute atomic E-state index is 0. The van der Waals surface area contributed by atoms with Crippen molar-refractivity contribution in [3.8, 4) is 5.75 Å². The largest absolute Gasteiger partial charge is 1.00 e. The van der Waals surface area contributed by atoms with E-state index >= 15 is 0 Å². The highest BCUT2D eigenvalue weighted by Gasteiger charge is 2.11. The predicted molar refractivity (Wildman–Crippen MR) is 70.5 cm³/mol. The molecule has 20 heavy (non-hydrogen) atoms. The SMILES string of the molecule is COc1ccc(C(=O)OCCN2CCOCC2)cc1.[Cl-]. The van der Waals surface area contributed by atoms with Crippen molar-refractivity contribution in [3.05, 3.63) is 29.8 Å². The molecule has 2 rings (SSSR count). The number of rotatable bonds is 5. The Bertz CT molecular complexity index is 404. The average Bonchev–Trinajstić information content (AvgIpc) is 2.48. The van der Waals surface area contributed by atoms with Gasteiger partial charge in [-0.1, -0.05) is 0 Å². The van der Waals surface area contributed by atoms with Gasteiger partial charge in [-0.25, -0.2) is 4.79 Å². The van der Waals surface area contributed by atoms with Crippen molar-refractivity contribution in [2.24, 2.45) is 0 Å². The Morgan fingerprint density at radius 3 is 2.50 bits per heavy atom. The second-order valence-electron chi connectivity index (χ2n) is 4.32. The molecule has 1 heterocycles. The van der Waals surface area contributed by atoms with E-state index in [4.69, 9.17) is 14.2 Å². The molecule has 0 aliphatic carbocycles. The molecule has 0 atom stereocenters. The van der Waals surface area contributed by atoms with Gasteiger partial charge in [-0.15, -0.1) is 0 Å².